The molecule has 5 nitrogen and oxygen atoms in total. The maximum absolute atomic E-state index is 10.9. The van der Waals surface area contributed by atoms with Crippen LogP contribution in [0.5, 0.6) is 11.5 Å². The number of aromatic nitrogens is 1. The van der Waals surface area contributed by atoms with Gasteiger partial charge < -0.3 is 4.74 Å². The topological polar surface area (TPSA) is 65.3 Å². The van der Waals surface area contributed by atoms with E-state index in [0.29, 0.717) is 10.9 Å². The van der Waals surface area contributed by atoms with E-state index >= 15 is 0 Å². The van der Waals surface area contributed by atoms with Crippen molar-refractivity contribution in [2.24, 2.45) is 0 Å². The van der Waals surface area contributed by atoms with Gasteiger partial charge in [0.2, 0.25) is 5.75 Å². The van der Waals surface area contributed by atoms with Crippen molar-refractivity contribution in [1.82, 2.24) is 4.98 Å². The van der Waals surface area contributed by atoms with Crippen molar-refractivity contribution < 1.29 is 9.66 Å². The molecule has 0 N–H and O–H groups in total. The number of rotatable bonds is 3. The second-order valence-corrected chi connectivity index (χ2v) is 4.03. The lowest BCUT2D eigenvalue weighted by Crippen LogP contribution is -1.94. The van der Waals surface area contributed by atoms with Gasteiger partial charge in [-0.05, 0) is 30.7 Å². The van der Waals surface area contributed by atoms with Crippen LogP contribution in [0.15, 0.2) is 36.5 Å². The summed E-state index contributed by atoms with van der Waals surface area (Å²) in [7, 11) is 0. The van der Waals surface area contributed by atoms with Gasteiger partial charge in [-0.1, -0.05) is 17.7 Å². The summed E-state index contributed by atoms with van der Waals surface area (Å²) >= 11 is 5.64. The quantitative estimate of drug-likeness (QED) is 0.481. The molecule has 0 aliphatic carbocycles. The first-order chi connectivity index (χ1) is 8.56. The zero-order chi connectivity index (χ0) is 13.1. The zero-order valence-electron chi connectivity index (χ0n) is 9.46. The van der Waals surface area contributed by atoms with Crippen LogP contribution in [-0.2, 0) is 0 Å². The fourth-order valence-corrected chi connectivity index (χ4v) is 1.52. The van der Waals surface area contributed by atoms with Gasteiger partial charge >= 0.3 is 5.69 Å². The Morgan fingerprint density at radius 2 is 2.11 bits per heavy atom. The lowest BCUT2D eigenvalue weighted by Gasteiger charge is -2.06. The van der Waals surface area contributed by atoms with E-state index in [1.807, 2.05) is 0 Å². The summed E-state index contributed by atoms with van der Waals surface area (Å²) < 4.78 is 5.42. The third-order valence-corrected chi connectivity index (χ3v) is 2.46. The first kappa shape index (κ1) is 12.3. The Kier molecular flexibility index (Phi) is 3.43. The van der Waals surface area contributed by atoms with Crippen LogP contribution in [0.25, 0.3) is 0 Å². The van der Waals surface area contributed by atoms with Crippen LogP contribution in [0.2, 0.25) is 5.15 Å². The summed E-state index contributed by atoms with van der Waals surface area (Å²) in [6, 6.07) is 7.91. The van der Waals surface area contributed by atoms with Gasteiger partial charge in [-0.25, -0.2) is 4.98 Å². The fourth-order valence-electron chi connectivity index (χ4n) is 1.41. The predicted molar refractivity (Wildman–Crippen MR) is 67.2 cm³/mol. The van der Waals surface area contributed by atoms with Crippen LogP contribution in [0.1, 0.15) is 5.56 Å². The van der Waals surface area contributed by atoms with Crippen LogP contribution in [-0.4, -0.2) is 9.91 Å². The number of pyridine rings is 1. The molecule has 0 aliphatic rings. The minimum absolute atomic E-state index is 0.0787. The lowest BCUT2D eigenvalue weighted by molar-refractivity contribution is -0.385. The molecule has 0 saturated carbocycles. The number of benzene rings is 1. The molecule has 2 aromatic rings. The van der Waals surface area contributed by atoms with Crippen LogP contribution in [0, 0.1) is 17.0 Å². The monoisotopic (exact) mass is 264 g/mol. The summed E-state index contributed by atoms with van der Waals surface area (Å²) in [5.74, 6) is 0.570. The summed E-state index contributed by atoms with van der Waals surface area (Å²) in [4.78, 5) is 14.3. The molecule has 0 amide bonds. The van der Waals surface area contributed by atoms with Crippen molar-refractivity contribution in [2.75, 3.05) is 0 Å². The molecule has 1 aromatic carbocycles. The van der Waals surface area contributed by atoms with Gasteiger partial charge in [-0.15, -0.1) is 0 Å². The Hall–Kier alpha value is -2.14. The molecular weight excluding hydrogens is 256 g/mol. The largest absolute Gasteiger partial charge is 0.449 e. The SMILES string of the molecule is Cc1ccc(Oc2ccc(Cl)nc2)c([N+](=O)[O-])c1. The Bertz CT molecular complexity index is 584. The minimum atomic E-state index is -0.480. The number of aryl methyl sites for hydroxylation is 1. The molecule has 6 heteroatoms. The van der Waals surface area contributed by atoms with E-state index < -0.39 is 4.92 Å². The summed E-state index contributed by atoms with van der Waals surface area (Å²) in [5.41, 5.74) is 0.716. The maximum Gasteiger partial charge on any atom is 0.311 e. The van der Waals surface area contributed by atoms with Crippen molar-refractivity contribution in [3.63, 3.8) is 0 Å². The van der Waals surface area contributed by atoms with Crippen molar-refractivity contribution in [3.8, 4) is 11.5 Å². The van der Waals surface area contributed by atoms with Gasteiger partial charge in [-0.2, -0.15) is 0 Å². The molecule has 0 aliphatic heterocycles. The van der Waals surface area contributed by atoms with Crippen molar-refractivity contribution in [2.45, 2.75) is 6.92 Å². The molecule has 0 bridgehead atoms. The normalized spacial score (nSPS) is 10.1. The highest BCUT2D eigenvalue weighted by Gasteiger charge is 2.15. The summed E-state index contributed by atoms with van der Waals surface area (Å²) in [5, 5.41) is 11.2. The van der Waals surface area contributed by atoms with E-state index in [2.05, 4.69) is 4.98 Å². The summed E-state index contributed by atoms with van der Waals surface area (Å²) in [6.07, 6.45) is 1.41. The third-order valence-electron chi connectivity index (χ3n) is 2.24. The maximum atomic E-state index is 10.9. The second-order valence-electron chi connectivity index (χ2n) is 3.65. The van der Waals surface area contributed by atoms with Crippen LogP contribution < -0.4 is 4.74 Å². The Labute approximate surface area is 108 Å². The van der Waals surface area contributed by atoms with Gasteiger partial charge in [0.15, 0.2) is 0 Å². The average molecular weight is 265 g/mol. The molecule has 18 heavy (non-hydrogen) atoms. The molecule has 0 atom stereocenters. The molecular formula is C12H9ClN2O3. The van der Waals surface area contributed by atoms with Crippen molar-refractivity contribution >= 4 is 17.3 Å². The molecule has 1 aromatic heterocycles. The Morgan fingerprint density at radius 3 is 2.72 bits per heavy atom. The molecule has 92 valence electrons. The van der Waals surface area contributed by atoms with Gasteiger partial charge in [0, 0.05) is 6.07 Å². The number of nitro benzene ring substituents is 1. The fraction of sp³-hybridized carbons (Fsp3) is 0.0833. The molecule has 0 saturated heterocycles. The number of ether oxygens (including phenoxy) is 1. The second kappa shape index (κ2) is 5.01. The highest BCUT2D eigenvalue weighted by atomic mass is 35.5. The number of halogens is 1. The first-order valence-electron chi connectivity index (χ1n) is 5.11. The molecule has 1 heterocycles. The van der Waals surface area contributed by atoms with Crippen LogP contribution in [0.3, 0.4) is 0 Å². The smallest absolute Gasteiger partial charge is 0.311 e. The average Bonchev–Trinajstić information content (AvgIpc) is 2.34. The minimum Gasteiger partial charge on any atom is -0.449 e. The van der Waals surface area contributed by atoms with Gasteiger partial charge in [0.1, 0.15) is 10.9 Å². The van der Waals surface area contributed by atoms with E-state index in [0.717, 1.165) is 5.56 Å². The van der Waals surface area contributed by atoms with E-state index in [1.54, 1.807) is 31.2 Å². The van der Waals surface area contributed by atoms with E-state index in [4.69, 9.17) is 16.3 Å². The van der Waals surface area contributed by atoms with Crippen LogP contribution in [0.4, 0.5) is 5.69 Å². The highest BCUT2D eigenvalue weighted by Crippen LogP contribution is 2.31. The van der Waals surface area contributed by atoms with E-state index in [-0.39, 0.29) is 11.4 Å². The molecule has 0 spiro atoms. The van der Waals surface area contributed by atoms with Crippen LogP contribution >= 0.6 is 11.6 Å². The Balaban J connectivity index is 2.34. The number of hydrogen-bond acceptors (Lipinski definition) is 4. The number of hydrogen-bond donors (Lipinski definition) is 0. The molecule has 0 radical (unpaired) electrons. The molecule has 0 fully saturated rings. The standard InChI is InChI=1S/C12H9ClN2O3/c1-8-2-4-11(10(6-8)15(16)17)18-9-3-5-12(13)14-7-9/h2-7H,1H3. The third kappa shape index (κ3) is 2.75. The van der Waals surface area contributed by atoms with Gasteiger partial charge in [-0.3, -0.25) is 10.1 Å². The van der Waals surface area contributed by atoms with Gasteiger partial charge in [0.25, 0.3) is 0 Å². The first-order valence-corrected chi connectivity index (χ1v) is 5.48. The number of nitrogens with zero attached hydrogens (tertiary/aromatic N) is 2. The number of nitro groups is 1. The molecule has 2 rings (SSSR count). The van der Waals surface area contributed by atoms with Gasteiger partial charge in [0.05, 0.1) is 11.1 Å². The lowest BCUT2D eigenvalue weighted by atomic mass is 10.2. The van der Waals surface area contributed by atoms with E-state index in [9.17, 15) is 10.1 Å². The van der Waals surface area contributed by atoms with Crippen molar-refractivity contribution in [1.29, 1.82) is 0 Å². The van der Waals surface area contributed by atoms with Crippen molar-refractivity contribution in [3.05, 3.63) is 57.4 Å². The van der Waals surface area contributed by atoms with E-state index in [1.165, 1.54) is 12.3 Å². The molecule has 0 unspecified atom stereocenters. The zero-order valence-corrected chi connectivity index (χ0v) is 10.2. The predicted octanol–water partition coefficient (Wildman–Crippen LogP) is 3.74. The Morgan fingerprint density at radius 1 is 1.33 bits per heavy atom. The highest BCUT2D eigenvalue weighted by molar-refractivity contribution is 6.29. The summed E-state index contributed by atoms with van der Waals surface area (Å²) in [6.45, 7) is 1.78.